The highest BCUT2D eigenvalue weighted by Gasteiger charge is 2.17. The van der Waals surface area contributed by atoms with Gasteiger partial charge in [0, 0.05) is 29.5 Å². The number of benzene rings is 1. The van der Waals surface area contributed by atoms with Gasteiger partial charge in [0.1, 0.15) is 5.75 Å². The van der Waals surface area contributed by atoms with Crippen molar-refractivity contribution in [2.45, 2.75) is 45.3 Å². The lowest BCUT2D eigenvalue weighted by atomic mass is 9.93. The van der Waals surface area contributed by atoms with Gasteiger partial charge in [-0.25, -0.2) is 0 Å². The Bertz CT molecular complexity index is 359. The van der Waals surface area contributed by atoms with Crippen molar-refractivity contribution in [3.63, 3.8) is 0 Å². The maximum atomic E-state index is 5.85. The molecule has 3 nitrogen and oxygen atoms in total. The third-order valence-corrected chi connectivity index (χ3v) is 2.78. The number of nitrogens with two attached hydrogens (primary N) is 1. The third-order valence-electron chi connectivity index (χ3n) is 2.78. The molecule has 2 rings (SSSR count). The second-order valence-corrected chi connectivity index (χ2v) is 4.73. The summed E-state index contributed by atoms with van der Waals surface area (Å²) in [4.78, 5) is 0. The second kappa shape index (κ2) is 4.64. The first-order valence-corrected chi connectivity index (χ1v) is 5.97. The Balaban J connectivity index is 2.08. The predicted octanol–water partition coefficient (Wildman–Crippen LogP) is 3.02. The SMILES string of the molecule is CC(C)Oc1cc(N)cc(NC2CCC2)c1. The van der Waals surface area contributed by atoms with Crippen molar-refractivity contribution in [2.75, 3.05) is 11.1 Å². The molecule has 1 aromatic rings. The van der Waals surface area contributed by atoms with Gasteiger partial charge in [-0.2, -0.15) is 0 Å². The summed E-state index contributed by atoms with van der Waals surface area (Å²) in [6.45, 7) is 4.03. The van der Waals surface area contributed by atoms with Crippen LogP contribution in [0.5, 0.6) is 5.75 Å². The van der Waals surface area contributed by atoms with Gasteiger partial charge in [-0.1, -0.05) is 0 Å². The van der Waals surface area contributed by atoms with E-state index in [0.29, 0.717) is 6.04 Å². The summed E-state index contributed by atoms with van der Waals surface area (Å²) < 4.78 is 5.65. The summed E-state index contributed by atoms with van der Waals surface area (Å²) in [5, 5.41) is 3.47. The highest BCUT2D eigenvalue weighted by molar-refractivity contribution is 5.59. The van der Waals surface area contributed by atoms with Crippen LogP contribution in [0.1, 0.15) is 33.1 Å². The van der Waals surface area contributed by atoms with Crippen LogP contribution < -0.4 is 15.8 Å². The zero-order valence-electron chi connectivity index (χ0n) is 9.99. The largest absolute Gasteiger partial charge is 0.491 e. The summed E-state index contributed by atoms with van der Waals surface area (Å²) >= 11 is 0. The van der Waals surface area contributed by atoms with Crippen LogP contribution in [0, 0.1) is 0 Å². The highest BCUT2D eigenvalue weighted by atomic mass is 16.5. The number of nitrogens with one attached hydrogen (secondary N) is 1. The fourth-order valence-electron chi connectivity index (χ4n) is 1.83. The van der Waals surface area contributed by atoms with Gasteiger partial charge >= 0.3 is 0 Å². The highest BCUT2D eigenvalue weighted by Crippen LogP contribution is 2.28. The van der Waals surface area contributed by atoms with Gasteiger partial charge in [-0.15, -0.1) is 0 Å². The minimum absolute atomic E-state index is 0.179. The number of hydrogen-bond donors (Lipinski definition) is 2. The van der Waals surface area contributed by atoms with E-state index in [9.17, 15) is 0 Å². The van der Waals surface area contributed by atoms with E-state index in [1.807, 2.05) is 32.0 Å². The van der Waals surface area contributed by atoms with E-state index in [1.165, 1.54) is 19.3 Å². The number of anilines is 2. The van der Waals surface area contributed by atoms with Crippen molar-refractivity contribution in [3.8, 4) is 5.75 Å². The number of rotatable bonds is 4. The Hall–Kier alpha value is -1.38. The van der Waals surface area contributed by atoms with Crippen LogP contribution in [-0.2, 0) is 0 Å². The molecule has 1 fully saturated rings. The standard InChI is InChI=1S/C13H20N2O/c1-9(2)16-13-7-10(14)6-12(8-13)15-11-4-3-5-11/h6-9,11,15H,3-5,14H2,1-2H3. The molecular weight excluding hydrogens is 200 g/mol. The van der Waals surface area contributed by atoms with E-state index < -0.39 is 0 Å². The molecule has 0 unspecified atom stereocenters. The van der Waals surface area contributed by atoms with E-state index >= 15 is 0 Å². The molecule has 1 aromatic carbocycles. The molecule has 0 aliphatic heterocycles. The molecule has 0 atom stereocenters. The van der Waals surface area contributed by atoms with Crippen LogP contribution in [0.4, 0.5) is 11.4 Å². The minimum Gasteiger partial charge on any atom is -0.491 e. The molecule has 0 aromatic heterocycles. The fourth-order valence-corrected chi connectivity index (χ4v) is 1.83. The molecule has 1 aliphatic rings. The summed E-state index contributed by atoms with van der Waals surface area (Å²) in [5.74, 6) is 0.844. The Labute approximate surface area is 97.0 Å². The molecule has 0 amide bonds. The Morgan fingerprint density at radius 3 is 2.62 bits per heavy atom. The number of ether oxygens (including phenoxy) is 1. The van der Waals surface area contributed by atoms with Crippen molar-refractivity contribution in [2.24, 2.45) is 0 Å². The molecular formula is C13H20N2O. The van der Waals surface area contributed by atoms with Crippen molar-refractivity contribution in [1.82, 2.24) is 0 Å². The molecule has 0 spiro atoms. The van der Waals surface area contributed by atoms with Gasteiger partial charge in [0.05, 0.1) is 6.10 Å². The molecule has 0 radical (unpaired) electrons. The van der Waals surface area contributed by atoms with E-state index in [4.69, 9.17) is 10.5 Å². The Morgan fingerprint density at radius 1 is 1.31 bits per heavy atom. The van der Waals surface area contributed by atoms with Crippen LogP contribution in [-0.4, -0.2) is 12.1 Å². The molecule has 0 heterocycles. The summed E-state index contributed by atoms with van der Waals surface area (Å²) in [5.41, 5.74) is 7.67. The normalized spacial score (nSPS) is 15.9. The average Bonchev–Trinajstić information content (AvgIpc) is 2.09. The molecule has 0 saturated heterocycles. The lowest BCUT2D eigenvalue weighted by Crippen LogP contribution is -2.27. The van der Waals surface area contributed by atoms with Crippen molar-refractivity contribution in [3.05, 3.63) is 18.2 Å². The zero-order valence-corrected chi connectivity index (χ0v) is 9.99. The van der Waals surface area contributed by atoms with Crippen molar-refractivity contribution < 1.29 is 4.74 Å². The smallest absolute Gasteiger partial charge is 0.123 e. The lowest BCUT2D eigenvalue weighted by Gasteiger charge is -2.27. The van der Waals surface area contributed by atoms with Crippen LogP contribution in [0.25, 0.3) is 0 Å². The van der Waals surface area contributed by atoms with Crippen LogP contribution in [0.2, 0.25) is 0 Å². The van der Waals surface area contributed by atoms with Gasteiger partial charge in [0.2, 0.25) is 0 Å². The van der Waals surface area contributed by atoms with Gasteiger partial charge in [0.15, 0.2) is 0 Å². The molecule has 3 heteroatoms. The van der Waals surface area contributed by atoms with Crippen molar-refractivity contribution in [1.29, 1.82) is 0 Å². The van der Waals surface area contributed by atoms with E-state index in [-0.39, 0.29) is 6.10 Å². The number of hydrogen-bond acceptors (Lipinski definition) is 3. The summed E-state index contributed by atoms with van der Waals surface area (Å²) in [6, 6.07) is 6.47. The van der Waals surface area contributed by atoms with Crippen LogP contribution >= 0.6 is 0 Å². The number of nitrogen functional groups attached to an aromatic ring is 1. The second-order valence-electron chi connectivity index (χ2n) is 4.73. The quantitative estimate of drug-likeness (QED) is 0.767. The van der Waals surface area contributed by atoms with Crippen LogP contribution in [0.15, 0.2) is 18.2 Å². The van der Waals surface area contributed by atoms with Gasteiger partial charge in [0.25, 0.3) is 0 Å². The lowest BCUT2D eigenvalue weighted by molar-refractivity contribution is 0.242. The molecule has 1 saturated carbocycles. The third kappa shape index (κ3) is 2.81. The first-order chi connectivity index (χ1) is 7.63. The Morgan fingerprint density at radius 2 is 2.06 bits per heavy atom. The maximum Gasteiger partial charge on any atom is 0.123 e. The summed E-state index contributed by atoms with van der Waals surface area (Å²) in [6.07, 6.45) is 4.03. The van der Waals surface area contributed by atoms with Crippen LogP contribution in [0.3, 0.4) is 0 Å². The molecule has 88 valence electrons. The van der Waals surface area contributed by atoms with E-state index in [2.05, 4.69) is 5.32 Å². The first kappa shape index (κ1) is 11.1. The van der Waals surface area contributed by atoms with Gasteiger partial charge in [-0.3, -0.25) is 0 Å². The van der Waals surface area contributed by atoms with Gasteiger partial charge < -0.3 is 15.8 Å². The summed E-state index contributed by atoms with van der Waals surface area (Å²) in [7, 11) is 0. The Kier molecular flexibility index (Phi) is 3.22. The van der Waals surface area contributed by atoms with E-state index in [1.54, 1.807) is 0 Å². The molecule has 1 aliphatic carbocycles. The minimum atomic E-state index is 0.179. The fraction of sp³-hybridized carbons (Fsp3) is 0.538. The first-order valence-electron chi connectivity index (χ1n) is 5.97. The van der Waals surface area contributed by atoms with Gasteiger partial charge in [-0.05, 0) is 39.2 Å². The average molecular weight is 220 g/mol. The predicted molar refractivity (Wildman–Crippen MR) is 67.9 cm³/mol. The monoisotopic (exact) mass is 220 g/mol. The topological polar surface area (TPSA) is 47.3 Å². The van der Waals surface area contributed by atoms with Crippen molar-refractivity contribution >= 4 is 11.4 Å². The molecule has 16 heavy (non-hydrogen) atoms. The zero-order chi connectivity index (χ0) is 11.5. The molecule has 3 N–H and O–H groups in total. The van der Waals surface area contributed by atoms with E-state index in [0.717, 1.165) is 17.1 Å². The molecule has 0 bridgehead atoms. The maximum absolute atomic E-state index is 5.85.